The smallest absolute Gasteiger partial charge is 0.166 e. The molecule has 0 aliphatic heterocycles. The first kappa shape index (κ1) is 18.5. The van der Waals surface area contributed by atoms with Crippen molar-refractivity contribution >= 4 is 5.78 Å². The van der Waals surface area contributed by atoms with E-state index in [2.05, 4.69) is 13.8 Å². The molecule has 0 aliphatic carbocycles. The van der Waals surface area contributed by atoms with Gasteiger partial charge in [-0.3, -0.25) is 4.79 Å². The predicted octanol–water partition coefficient (Wildman–Crippen LogP) is 5.50. The number of unbranched alkanes of at least 4 members (excludes halogenated alkanes) is 6. The summed E-state index contributed by atoms with van der Waals surface area (Å²) in [5.41, 5.74) is 0.413. The Bertz CT molecular complexity index is 440. The van der Waals surface area contributed by atoms with Crippen molar-refractivity contribution in [2.45, 2.75) is 71.6 Å². The number of hydrogen-bond acceptors (Lipinski definition) is 3. The van der Waals surface area contributed by atoms with Crippen LogP contribution in [0.15, 0.2) is 18.2 Å². The van der Waals surface area contributed by atoms with Crippen LogP contribution in [-0.4, -0.2) is 17.5 Å². The maximum Gasteiger partial charge on any atom is 0.166 e. The second-order valence-electron chi connectivity index (χ2n) is 5.82. The molecule has 0 saturated heterocycles. The standard InChI is InChI=1S/C19H30O3/c1-3-5-7-8-9-10-11-18(20)17-13-12-16(15-19(17)21)22-14-6-4-2/h12-13,15,21H,3-11,14H2,1-2H3. The molecule has 22 heavy (non-hydrogen) atoms. The van der Waals surface area contributed by atoms with Crippen LogP contribution in [0.1, 0.15) is 82.0 Å². The lowest BCUT2D eigenvalue weighted by Crippen LogP contribution is -2.01. The number of hydrogen-bond donors (Lipinski definition) is 1. The highest BCUT2D eigenvalue weighted by atomic mass is 16.5. The second kappa shape index (κ2) is 11.1. The maximum atomic E-state index is 12.1. The average molecular weight is 306 g/mol. The molecule has 1 N–H and O–H groups in total. The van der Waals surface area contributed by atoms with E-state index in [1.165, 1.54) is 25.7 Å². The van der Waals surface area contributed by atoms with Gasteiger partial charge < -0.3 is 9.84 Å². The zero-order chi connectivity index (χ0) is 16.2. The van der Waals surface area contributed by atoms with Crippen molar-refractivity contribution in [2.24, 2.45) is 0 Å². The van der Waals surface area contributed by atoms with E-state index in [0.29, 0.717) is 24.3 Å². The molecule has 0 unspecified atom stereocenters. The molecular weight excluding hydrogens is 276 g/mol. The summed E-state index contributed by atoms with van der Waals surface area (Å²) in [5, 5.41) is 9.99. The van der Waals surface area contributed by atoms with Crippen molar-refractivity contribution in [2.75, 3.05) is 6.61 Å². The molecule has 124 valence electrons. The van der Waals surface area contributed by atoms with E-state index in [9.17, 15) is 9.90 Å². The SMILES string of the molecule is CCCCCCCCC(=O)c1ccc(OCCCC)cc1O. The zero-order valence-electron chi connectivity index (χ0n) is 14.1. The number of aromatic hydroxyl groups is 1. The molecule has 0 fully saturated rings. The van der Waals surface area contributed by atoms with E-state index >= 15 is 0 Å². The summed E-state index contributed by atoms with van der Waals surface area (Å²) in [4.78, 5) is 12.1. The van der Waals surface area contributed by atoms with E-state index in [1.807, 2.05) is 0 Å². The molecule has 3 heteroatoms. The van der Waals surface area contributed by atoms with E-state index < -0.39 is 0 Å². The first-order valence-electron chi connectivity index (χ1n) is 8.68. The fourth-order valence-electron chi connectivity index (χ4n) is 2.37. The Morgan fingerprint density at radius 2 is 1.68 bits per heavy atom. The lowest BCUT2D eigenvalue weighted by atomic mass is 10.0. The lowest BCUT2D eigenvalue weighted by Gasteiger charge is -2.08. The van der Waals surface area contributed by atoms with Crippen molar-refractivity contribution in [3.05, 3.63) is 23.8 Å². The number of ketones is 1. The van der Waals surface area contributed by atoms with Gasteiger partial charge in [0.1, 0.15) is 11.5 Å². The van der Waals surface area contributed by atoms with Crippen LogP contribution in [0.5, 0.6) is 11.5 Å². The molecular formula is C19H30O3. The summed E-state index contributed by atoms with van der Waals surface area (Å²) < 4.78 is 5.53. The minimum absolute atomic E-state index is 0.0214. The van der Waals surface area contributed by atoms with Crippen LogP contribution in [0.25, 0.3) is 0 Å². The zero-order valence-corrected chi connectivity index (χ0v) is 14.1. The van der Waals surface area contributed by atoms with Gasteiger partial charge in [-0.1, -0.05) is 52.4 Å². The number of ether oxygens (including phenoxy) is 1. The van der Waals surface area contributed by atoms with Gasteiger partial charge in [0, 0.05) is 12.5 Å². The molecule has 0 atom stereocenters. The van der Waals surface area contributed by atoms with Gasteiger partial charge in [-0.05, 0) is 25.0 Å². The molecule has 1 rings (SSSR count). The van der Waals surface area contributed by atoms with Gasteiger partial charge in [-0.25, -0.2) is 0 Å². The van der Waals surface area contributed by atoms with Crippen molar-refractivity contribution in [1.29, 1.82) is 0 Å². The van der Waals surface area contributed by atoms with E-state index in [1.54, 1.807) is 18.2 Å². The van der Waals surface area contributed by atoms with Gasteiger partial charge in [0.25, 0.3) is 0 Å². The number of phenolic OH excluding ortho intramolecular Hbond substituents is 1. The topological polar surface area (TPSA) is 46.5 Å². The highest BCUT2D eigenvalue weighted by Gasteiger charge is 2.11. The highest BCUT2D eigenvalue weighted by Crippen LogP contribution is 2.25. The van der Waals surface area contributed by atoms with Gasteiger partial charge >= 0.3 is 0 Å². The molecule has 0 aliphatic rings. The van der Waals surface area contributed by atoms with E-state index in [0.717, 1.165) is 25.7 Å². The normalized spacial score (nSPS) is 10.6. The average Bonchev–Trinajstić information content (AvgIpc) is 2.51. The number of carbonyl (C=O) groups excluding carboxylic acids is 1. The molecule has 0 saturated carbocycles. The van der Waals surface area contributed by atoms with Crippen LogP contribution in [0.3, 0.4) is 0 Å². The minimum Gasteiger partial charge on any atom is -0.507 e. The first-order valence-corrected chi connectivity index (χ1v) is 8.68. The monoisotopic (exact) mass is 306 g/mol. The third-order valence-electron chi connectivity index (χ3n) is 3.79. The van der Waals surface area contributed by atoms with E-state index in [4.69, 9.17) is 4.74 Å². The van der Waals surface area contributed by atoms with E-state index in [-0.39, 0.29) is 11.5 Å². The molecule has 0 aromatic heterocycles. The van der Waals surface area contributed by atoms with Gasteiger partial charge in [-0.15, -0.1) is 0 Å². The van der Waals surface area contributed by atoms with Crippen LogP contribution in [0, 0.1) is 0 Å². The summed E-state index contributed by atoms with van der Waals surface area (Å²) in [7, 11) is 0. The summed E-state index contributed by atoms with van der Waals surface area (Å²) >= 11 is 0. The van der Waals surface area contributed by atoms with Crippen molar-refractivity contribution in [1.82, 2.24) is 0 Å². The number of phenols is 1. The Morgan fingerprint density at radius 3 is 2.36 bits per heavy atom. The Labute approximate surface area is 134 Å². The summed E-state index contributed by atoms with van der Waals surface area (Å²) in [6.07, 6.45) is 9.50. The number of rotatable bonds is 12. The van der Waals surface area contributed by atoms with Crippen LogP contribution >= 0.6 is 0 Å². The molecule has 0 spiro atoms. The summed E-state index contributed by atoms with van der Waals surface area (Å²) in [6.45, 7) is 4.94. The van der Waals surface area contributed by atoms with Crippen LogP contribution in [-0.2, 0) is 0 Å². The number of Topliss-reactive ketones (excluding diaryl/α,β-unsaturated/α-hetero) is 1. The molecule has 0 radical (unpaired) electrons. The second-order valence-corrected chi connectivity index (χ2v) is 5.82. The molecule has 0 bridgehead atoms. The predicted molar refractivity (Wildman–Crippen MR) is 90.8 cm³/mol. The van der Waals surface area contributed by atoms with Gasteiger partial charge in [-0.2, -0.15) is 0 Å². The Hall–Kier alpha value is -1.51. The van der Waals surface area contributed by atoms with Crippen LogP contribution in [0.2, 0.25) is 0 Å². The highest BCUT2D eigenvalue weighted by molar-refractivity contribution is 5.98. The van der Waals surface area contributed by atoms with Crippen LogP contribution < -0.4 is 4.74 Å². The molecule has 1 aromatic rings. The van der Waals surface area contributed by atoms with Crippen molar-refractivity contribution in [3.8, 4) is 11.5 Å². The lowest BCUT2D eigenvalue weighted by molar-refractivity contribution is 0.0976. The quantitative estimate of drug-likeness (QED) is 0.409. The fraction of sp³-hybridized carbons (Fsp3) is 0.632. The van der Waals surface area contributed by atoms with Gasteiger partial charge in [0.2, 0.25) is 0 Å². The minimum atomic E-state index is 0.0214. The summed E-state index contributed by atoms with van der Waals surface area (Å²) in [6, 6.07) is 4.99. The number of benzene rings is 1. The third kappa shape index (κ3) is 6.97. The molecule has 1 aromatic carbocycles. The van der Waals surface area contributed by atoms with Crippen LogP contribution in [0.4, 0.5) is 0 Å². The molecule has 3 nitrogen and oxygen atoms in total. The van der Waals surface area contributed by atoms with Crippen molar-refractivity contribution < 1.29 is 14.6 Å². The van der Waals surface area contributed by atoms with Gasteiger partial charge in [0.15, 0.2) is 5.78 Å². The van der Waals surface area contributed by atoms with Crippen molar-refractivity contribution in [3.63, 3.8) is 0 Å². The molecule has 0 amide bonds. The molecule has 0 heterocycles. The number of carbonyl (C=O) groups is 1. The Morgan fingerprint density at radius 1 is 1.00 bits per heavy atom. The third-order valence-corrected chi connectivity index (χ3v) is 3.79. The Balaban J connectivity index is 2.38. The maximum absolute atomic E-state index is 12.1. The largest absolute Gasteiger partial charge is 0.507 e. The first-order chi connectivity index (χ1) is 10.7. The van der Waals surface area contributed by atoms with Gasteiger partial charge in [0.05, 0.1) is 12.2 Å². The fourth-order valence-corrected chi connectivity index (χ4v) is 2.37. The Kier molecular flexibility index (Phi) is 9.36. The summed E-state index contributed by atoms with van der Waals surface area (Å²) in [5.74, 6) is 0.681.